The topological polar surface area (TPSA) is 87.7 Å². The van der Waals surface area contributed by atoms with Crippen LogP contribution in [0.5, 0.6) is 5.75 Å². The van der Waals surface area contributed by atoms with Crippen molar-refractivity contribution in [2.45, 2.75) is 26.1 Å². The molecule has 0 unspecified atom stereocenters. The van der Waals surface area contributed by atoms with Gasteiger partial charge in [0.1, 0.15) is 11.6 Å². The second kappa shape index (κ2) is 7.25. The van der Waals surface area contributed by atoms with E-state index in [2.05, 4.69) is 10.2 Å². The van der Waals surface area contributed by atoms with Gasteiger partial charge in [0.15, 0.2) is 18.0 Å². The molecule has 4 aromatic rings. The van der Waals surface area contributed by atoms with Crippen LogP contribution in [0.3, 0.4) is 0 Å². The summed E-state index contributed by atoms with van der Waals surface area (Å²) in [5.41, 5.74) is -0.885. The molecule has 0 bridgehead atoms. The number of halogens is 1. The van der Waals surface area contributed by atoms with Crippen LogP contribution in [-0.4, -0.2) is 30.7 Å². The molecule has 8 nitrogen and oxygen atoms in total. The van der Waals surface area contributed by atoms with Crippen LogP contribution in [0.4, 0.5) is 4.39 Å². The van der Waals surface area contributed by atoms with Gasteiger partial charge in [0, 0.05) is 7.05 Å². The molecule has 9 heteroatoms. The standard InChI is InChI=1S/C21H19FN4O4/c1-21(2,30-14-10-8-13(22)9-11-14)19(28)29-12-17-23-24-20-25(3)18(27)15-6-4-5-7-16(15)26(17)20/h4-11H,12H2,1-3H3. The number of aryl methyl sites for hydroxylation is 1. The molecular weight excluding hydrogens is 391 g/mol. The third kappa shape index (κ3) is 3.38. The molecule has 0 aliphatic heterocycles. The van der Waals surface area contributed by atoms with Gasteiger partial charge in [-0.05, 0) is 50.2 Å². The zero-order chi connectivity index (χ0) is 21.5. The van der Waals surface area contributed by atoms with E-state index in [0.717, 1.165) is 0 Å². The summed E-state index contributed by atoms with van der Waals surface area (Å²) in [6.07, 6.45) is 0. The van der Waals surface area contributed by atoms with E-state index in [1.165, 1.54) is 28.8 Å². The van der Waals surface area contributed by atoms with Crippen molar-refractivity contribution in [1.29, 1.82) is 0 Å². The summed E-state index contributed by atoms with van der Waals surface area (Å²) in [6, 6.07) is 12.4. The number of carbonyl (C=O) groups is 1. The fourth-order valence-electron chi connectivity index (χ4n) is 3.13. The molecule has 0 saturated carbocycles. The summed E-state index contributed by atoms with van der Waals surface area (Å²) in [5.74, 6) is 0.0160. The largest absolute Gasteiger partial charge is 0.476 e. The van der Waals surface area contributed by atoms with E-state index >= 15 is 0 Å². The molecule has 0 aliphatic rings. The Balaban J connectivity index is 1.60. The van der Waals surface area contributed by atoms with E-state index in [1.807, 2.05) is 0 Å². The number of hydrogen-bond donors (Lipinski definition) is 0. The van der Waals surface area contributed by atoms with Gasteiger partial charge in [0.25, 0.3) is 5.56 Å². The number of aromatic nitrogens is 4. The highest BCUT2D eigenvalue weighted by molar-refractivity contribution is 5.81. The van der Waals surface area contributed by atoms with Gasteiger partial charge in [0.2, 0.25) is 5.78 Å². The van der Waals surface area contributed by atoms with Crippen molar-refractivity contribution in [1.82, 2.24) is 19.2 Å². The number of para-hydroxylation sites is 1. The number of carbonyl (C=O) groups excluding carboxylic acids is 1. The van der Waals surface area contributed by atoms with Gasteiger partial charge in [0.05, 0.1) is 10.9 Å². The predicted octanol–water partition coefficient (Wildman–Crippen LogP) is 2.62. The Bertz CT molecular complexity index is 1310. The number of fused-ring (bicyclic) bond motifs is 3. The number of ether oxygens (including phenoxy) is 2. The highest BCUT2D eigenvalue weighted by Crippen LogP contribution is 2.21. The monoisotopic (exact) mass is 410 g/mol. The maximum atomic E-state index is 13.1. The zero-order valence-corrected chi connectivity index (χ0v) is 16.6. The fraction of sp³-hybridized carbons (Fsp3) is 0.238. The first-order valence-corrected chi connectivity index (χ1v) is 9.21. The maximum absolute atomic E-state index is 13.1. The van der Waals surface area contributed by atoms with Crippen molar-refractivity contribution in [2.24, 2.45) is 7.05 Å². The molecule has 2 aromatic heterocycles. The normalized spacial score (nSPS) is 11.7. The van der Waals surface area contributed by atoms with Crippen LogP contribution in [0.25, 0.3) is 16.7 Å². The van der Waals surface area contributed by atoms with E-state index in [0.29, 0.717) is 28.3 Å². The minimum Gasteiger partial charge on any atom is -0.476 e. The van der Waals surface area contributed by atoms with Crippen LogP contribution < -0.4 is 10.3 Å². The number of rotatable bonds is 5. The predicted molar refractivity (Wildman–Crippen MR) is 107 cm³/mol. The molecule has 0 saturated heterocycles. The quantitative estimate of drug-likeness (QED) is 0.470. The summed E-state index contributed by atoms with van der Waals surface area (Å²) in [7, 11) is 1.61. The van der Waals surface area contributed by atoms with Crippen molar-refractivity contribution in [3.05, 3.63) is 70.5 Å². The number of nitrogens with zero attached hydrogens (tertiary/aromatic N) is 4. The smallest absolute Gasteiger partial charge is 0.350 e. The summed E-state index contributed by atoms with van der Waals surface area (Å²) in [4.78, 5) is 25.1. The molecule has 0 atom stereocenters. The molecule has 0 amide bonds. The summed E-state index contributed by atoms with van der Waals surface area (Å²) >= 11 is 0. The van der Waals surface area contributed by atoms with Crippen molar-refractivity contribution in [3.8, 4) is 5.75 Å². The summed E-state index contributed by atoms with van der Waals surface area (Å²) in [6.45, 7) is 2.94. The minimum atomic E-state index is -1.31. The molecule has 0 N–H and O–H groups in total. The van der Waals surface area contributed by atoms with E-state index in [-0.39, 0.29) is 12.2 Å². The van der Waals surface area contributed by atoms with Crippen LogP contribution in [0.2, 0.25) is 0 Å². The molecule has 0 aliphatic carbocycles. The molecular formula is C21H19FN4O4. The highest BCUT2D eigenvalue weighted by Gasteiger charge is 2.32. The van der Waals surface area contributed by atoms with Gasteiger partial charge in [-0.2, -0.15) is 0 Å². The Labute approximate surface area is 170 Å². The molecule has 2 heterocycles. The molecule has 0 radical (unpaired) electrons. The van der Waals surface area contributed by atoms with Gasteiger partial charge in [-0.1, -0.05) is 12.1 Å². The van der Waals surface area contributed by atoms with Crippen molar-refractivity contribution >= 4 is 22.6 Å². The molecule has 0 fully saturated rings. The molecule has 0 spiro atoms. The fourth-order valence-corrected chi connectivity index (χ4v) is 3.13. The first-order valence-electron chi connectivity index (χ1n) is 9.21. The zero-order valence-electron chi connectivity index (χ0n) is 16.6. The second-order valence-electron chi connectivity index (χ2n) is 7.28. The molecule has 4 rings (SSSR count). The van der Waals surface area contributed by atoms with Gasteiger partial charge < -0.3 is 9.47 Å². The van der Waals surface area contributed by atoms with Crippen molar-refractivity contribution < 1.29 is 18.7 Å². The second-order valence-corrected chi connectivity index (χ2v) is 7.28. The van der Waals surface area contributed by atoms with Crippen LogP contribution in [0.15, 0.2) is 53.3 Å². The molecule has 154 valence electrons. The van der Waals surface area contributed by atoms with Crippen molar-refractivity contribution in [2.75, 3.05) is 0 Å². The summed E-state index contributed by atoms with van der Waals surface area (Å²) < 4.78 is 27.2. The average molecular weight is 410 g/mol. The number of benzene rings is 2. The first kappa shape index (κ1) is 19.6. The van der Waals surface area contributed by atoms with E-state index in [4.69, 9.17) is 9.47 Å². The van der Waals surface area contributed by atoms with Crippen LogP contribution in [-0.2, 0) is 23.2 Å². The molecule has 2 aromatic carbocycles. The Morgan fingerprint density at radius 1 is 1.10 bits per heavy atom. The SMILES string of the molecule is Cn1c(=O)c2ccccc2n2c(COC(=O)C(C)(C)Oc3ccc(F)cc3)nnc12. The lowest BCUT2D eigenvalue weighted by Crippen LogP contribution is -2.39. The van der Waals surface area contributed by atoms with Crippen molar-refractivity contribution in [3.63, 3.8) is 0 Å². The van der Waals surface area contributed by atoms with Gasteiger partial charge in [-0.15, -0.1) is 10.2 Å². The van der Waals surface area contributed by atoms with Gasteiger partial charge in [-0.25, -0.2) is 9.18 Å². The Morgan fingerprint density at radius 3 is 2.53 bits per heavy atom. The third-order valence-electron chi connectivity index (χ3n) is 4.70. The molecule has 30 heavy (non-hydrogen) atoms. The van der Waals surface area contributed by atoms with E-state index < -0.39 is 17.4 Å². The summed E-state index contributed by atoms with van der Waals surface area (Å²) in [5, 5.41) is 8.65. The van der Waals surface area contributed by atoms with Crippen LogP contribution in [0, 0.1) is 5.82 Å². The van der Waals surface area contributed by atoms with E-state index in [1.54, 1.807) is 49.6 Å². The minimum absolute atomic E-state index is 0.168. The lowest BCUT2D eigenvalue weighted by Gasteiger charge is -2.24. The Hall–Kier alpha value is -3.75. The van der Waals surface area contributed by atoms with Crippen LogP contribution in [0.1, 0.15) is 19.7 Å². The van der Waals surface area contributed by atoms with Gasteiger partial charge in [-0.3, -0.25) is 13.8 Å². The number of hydrogen-bond acceptors (Lipinski definition) is 6. The number of esters is 1. The first-order chi connectivity index (χ1) is 14.3. The lowest BCUT2D eigenvalue weighted by molar-refractivity contribution is -0.161. The maximum Gasteiger partial charge on any atom is 0.350 e. The third-order valence-corrected chi connectivity index (χ3v) is 4.70. The Kier molecular flexibility index (Phi) is 4.73. The van der Waals surface area contributed by atoms with Gasteiger partial charge >= 0.3 is 5.97 Å². The van der Waals surface area contributed by atoms with E-state index in [9.17, 15) is 14.0 Å². The average Bonchev–Trinajstić information content (AvgIpc) is 3.16. The van der Waals surface area contributed by atoms with Crippen LogP contribution >= 0.6 is 0 Å². The Morgan fingerprint density at radius 2 is 1.80 bits per heavy atom. The lowest BCUT2D eigenvalue weighted by atomic mass is 10.1. The highest BCUT2D eigenvalue weighted by atomic mass is 19.1.